The van der Waals surface area contributed by atoms with Gasteiger partial charge in [-0.25, -0.2) is 0 Å². The van der Waals surface area contributed by atoms with Crippen molar-refractivity contribution < 1.29 is 9.47 Å². The van der Waals surface area contributed by atoms with Crippen molar-refractivity contribution in [3.63, 3.8) is 0 Å². The van der Waals surface area contributed by atoms with Crippen molar-refractivity contribution in [2.45, 2.75) is 38.8 Å². The van der Waals surface area contributed by atoms with E-state index in [1.807, 2.05) is 0 Å². The minimum atomic E-state index is 0.0814. The molecule has 0 spiro atoms. The van der Waals surface area contributed by atoms with Crippen molar-refractivity contribution in [3.05, 3.63) is 34.3 Å². The molecule has 1 N–H and O–H groups in total. The summed E-state index contributed by atoms with van der Waals surface area (Å²) < 4.78 is 12.7. The summed E-state index contributed by atoms with van der Waals surface area (Å²) in [5.41, 5.74) is 1.31. The maximum atomic E-state index is 6.19. The van der Waals surface area contributed by atoms with E-state index in [0.717, 1.165) is 37.3 Å². The van der Waals surface area contributed by atoms with E-state index in [-0.39, 0.29) is 11.6 Å². The first-order valence-corrected chi connectivity index (χ1v) is 8.43. The summed E-state index contributed by atoms with van der Waals surface area (Å²) in [6.45, 7) is 9.82. The fraction of sp³-hybridized carbons (Fsp3) is 0.647. The summed E-state index contributed by atoms with van der Waals surface area (Å²) in [6.07, 6.45) is 1.19. The molecule has 1 aliphatic rings. The van der Waals surface area contributed by atoms with E-state index >= 15 is 0 Å². The number of rotatable bonds is 6. The third-order valence-corrected chi connectivity index (χ3v) is 4.15. The molecule has 0 saturated carbocycles. The summed E-state index contributed by atoms with van der Waals surface area (Å²) >= 11 is 3.49. The summed E-state index contributed by atoms with van der Waals surface area (Å²) in [7, 11) is 0. The molecule has 2 atom stereocenters. The number of nitrogens with one attached hydrogen (secondary N) is 1. The predicted octanol–water partition coefficient (Wildman–Crippen LogP) is 3.93. The molecule has 1 aromatic rings. The molecule has 1 fully saturated rings. The Hall–Kier alpha value is -0.420. The van der Waals surface area contributed by atoms with Crippen LogP contribution in [0.25, 0.3) is 0 Å². The molecular formula is C17H26BrNO2. The van der Waals surface area contributed by atoms with E-state index in [1.165, 1.54) is 5.56 Å². The minimum absolute atomic E-state index is 0.0814. The first kappa shape index (κ1) is 16.9. The van der Waals surface area contributed by atoms with Crippen LogP contribution >= 0.6 is 15.9 Å². The van der Waals surface area contributed by atoms with Gasteiger partial charge in [-0.15, -0.1) is 0 Å². The van der Waals surface area contributed by atoms with Gasteiger partial charge in [-0.2, -0.15) is 0 Å². The largest absolute Gasteiger partial charge is 0.381 e. The second-order valence-electron chi connectivity index (χ2n) is 6.73. The van der Waals surface area contributed by atoms with Gasteiger partial charge in [0.15, 0.2) is 0 Å². The predicted molar refractivity (Wildman–Crippen MR) is 89.5 cm³/mol. The van der Waals surface area contributed by atoms with Crippen molar-refractivity contribution >= 4 is 15.9 Å². The summed E-state index contributed by atoms with van der Waals surface area (Å²) in [5, 5.41) is 3.54. The molecule has 1 aromatic carbocycles. The van der Waals surface area contributed by atoms with Crippen molar-refractivity contribution in [2.24, 2.45) is 5.92 Å². The van der Waals surface area contributed by atoms with Gasteiger partial charge in [-0.05, 0) is 44.9 Å². The van der Waals surface area contributed by atoms with Crippen LogP contribution in [0.1, 0.15) is 38.9 Å². The van der Waals surface area contributed by atoms with E-state index in [2.05, 4.69) is 66.3 Å². The number of halogens is 1. The Labute approximate surface area is 136 Å². The molecule has 3 nitrogen and oxygen atoms in total. The van der Waals surface area contributed by atoms with Crippen molar-refractivity contribution in [1.82, 2.24) is 5.32 Å². The van der Waals surface area contributed by atoms with Crippen LogP contribution in [0.15, 0.2) is 28.7 Å². The first-order chi connectivity index (χ1) is 9.94. The zero-order valence-electron chi connectivity index (χ0n) is 13.2. The van der Waals surface area contributed by atoms with Crippen molar-refractivity contribution in [3.8, 4) is 0 Å². The highest BCUT2D eigenvalue weighted by Gasteiger charge is 2.21. The zero-order chi connectivity index (χ0) is 15.3. The molecule has 4 heteroatoms. The Kier molecular flexibility index (Phi) is 6.23. The van der Waals surface area contributed by atoms with Crippen LogP contribution in [-0.2, 0) is 9.47 Å². The molecular weight excluding hydrogens is 330 g/mol. The van der Waals surface area contributed by atoms with Crippen LogP contribution in [0.3, 0.4) is 0 Å². The van der Waals surface area contributed by atoms with Crippen molar-refractivity contribution in [2.75, 3.05) is 26.4 Å². The van der Waals surface area contributed by atoms with Gasteiger partial charge in [0.1, 0.15) is 0 Å². The SMILES string of the molecule is CC(C)(C)NCC(OCC1CCOC1)c1ccc(Br)cc1. The van der Waals surface area contributed by atoms with Gasteiger partial charge >= 0.3 is 0 Å². The van der Waals surface area contributed by atoms with Gasteiger partial charge in [0.2, 0.25) is 0 Å². The molecule has 0 amide bonds. The lowest BCUT2D eigenvalue weighted by Gasteiger charge is -2.26. The Balaban J connectivity index is 1.96. The fourth-order valence-electron chi connectivity index (χ4n) is 2.32. The maximum absolute atomic E-state index is 6.19. The molecule has 0 bridgehead atoms. The van der Waals surface area contributed by atoms with E-state index in [0.29, 0.717) is 5.92 Å². The van der Waals surface area contributed by atoms with E-state index < -0.39 is 0 Å². The second kappa shape index (κ2) is 7.73. The number of hydrogen-bond donors (Lipinski definition) is 1. The minimum Gasteiger partial charge on any atom is -0.381 e. The summed E-state index contributed by atoms with van der Waals surface area (Å²) in [5.74, 6) is 0.539. The van der Waals surface area contributed by atoms with E-state index in [1.54, 1.807) is 0 Å². The van der Waals surface area contributed by atoms with E-state index in [4.69, 9.17) is 9.47 Å². The van der Waals surface area contributed by atoms with Crippen LogP contribution in [0.5, 0.6) is 0 Å². The summed E-state index contributed by atoms with van der Waals surface area (Å²) in [4.78, 5) is 0. The molecule has 21 heavy (non-hydrogen) atoms. The molecule has 2 unspecified atom stereocenters. The normalized spacial score (nSPS) is 20.7. The van der Waals surface area contributed by atoms with Gasteiger partial charge in [0.05, 0.1) is 19.3 Å². The number of benzene rings is 1. The lowest BCUT2D eigenvalue weighted by molar-refractivity contribution is 0.0222. The van der Waals surface area contributed by atoms with Gasteiger partial charge in [0, 0.05) is 29.1 Å². The standard InChI is InChI=1S/C17H26BrNO2/c1-17(2,3)19-10-16(14-4-6-15(18)7-5-14)21-12-13-8-9-20-11-13/h4-7,13,16,19H,8-12H2,1-3H3. The van der Waals surface area contributed by atoms with E-state index in [9.17, 15) is 0 Å². The first-order valence-electron chi connectivity index (χ1n) is 7.64. The lowest BCUT2D eigenvalue weighted by Crippen LogP contribution is -2.39. The highest BCUT2D eigenvalue weighted by molar-refractivity contribution is 9.10. The molecule has 0 aromatic heterocycles. The molecule has 2 rings (SSSR count). The smallest absolute Gasteiger partial charge is 0.0949 e. The number of hydrogen-bond acceptors (Lipinski definition) is 3. The Morgan fingerprint density at radius 2 is 2.05 bits per heavy atom. The van der Waals surface area contributed by atoms with Crippen LogP contribution in [0.2, 0.25) is 0 Å². The molecule has 0 radical (unpaired) electrons. The van der Waals surface area contributed by atoms with Gasteiger partial charge < -0.3 is 14.8 Å². The lowest BCUT2D eigenvalue weighted by atomic mass is 10.1. The Morgan fingerprint density at radius 3 is 2.62 bits per heavy atom. The third kappa shape index (κ3) is 6.07. The second-order valence-corrected chi connectivity index (χ2v) is 7.65. The Bertz CT molecular complexity index is 421. The summed E-state index contributed by atoms with van der Waals surface area (Å²) in [6, 6.07) is 8.40. The quantitative estimate of drug-likeness (QED) is 0.838. The van der Waals surface area contributed by atoms with Crippen molar-refractivity contribution in [1.29, 1.82) is 0 Å². The molecule has 118 valence electrons. The van der Waals surface area contributed by atoms with Crippen LogP contribution in [0, 0.1) is 5.92 Å². The van der Waals surface area contributed by atoms with Gasteiger partial charge in [0.25, 0.3) is 0 Å². The molecule has 1 heterocycles. The zero-order valence-corrected chi connectivity index (χ0v) is 14.8. The topological polar surface area (TPSA) is 30.5 Å². The highest BCUT2D eigenvalue weighted by atomic mass is 79.9. The van der Waals surface area contributed by atoms with Gasteiger partial charge in [-0.1, -0.05) is 28.1 Å². The molecule has 0 aliphatic carbocycles. The molecule has 1 aliphatic heterocycles. The number of ether oxygens (including phenoxy) is 2. The highest BCUT2D eigenvalue weighted by Crippen LogP contribution is 2.23. The van der Waals surface area contributed by atoms with Crippen LogP contribution < -0.4 is 5.32 Å². The molecule has 1 saturated heterocycles. The fourth-order valence-corrected chi connectivity index (χ4v) is 2.58. The Morgan fingerprint density at radius 1 is 1.33 bits per heavy atom. The average Bonchev–Trinajstić information content (AvgIpc) is 2.92. The van der Waals surface area contributed by atoms with Crippen LogP contribution in [0.4, 0.5) is 0 Å². The van der Waals surface area contributed by atoms with Crippen LogP contribution in [-0.4, -0.2) is 31.9 Å². The maximum Gasteiger partial charge on any atom is 0.0949 e. The third-order valence-electron chi connectivity index (χ3n) is 3.62. The monoisotopic (exact) mass is 355 g/mol. The van der Waals surface area contributed by atoms with Gasteiger partial charge in [-0.3, -0.25) is 0 Å². The average molecular weight is 356 g/mol.